The zero-order valence-corrected chi connectivity index (χ0v) is 26.7. The van der Waals surface area contributed by atoms with Gasteiger partial charge in [-0.1, -0.05) is 53.5 Å². The van der Waals surface area contributed by atoms with E-state index < -0.39 is 11.2 Å². The van der Waals surface area contributed by atoms with Gasteiger partial charge in [0.25, 0.3) is 5.56 Å². The van der Waals surface area contributed by atoms with Gasteiger partial charge in [-0.25, -0.2) is 14.8 Å². The molecule has 1 aliphatic heterocycles. The van der Waals surface area contributed by atoms with Crippen LogP contribution in [0.2, 0.25) is 10.0 Å². The average molecular weight is 662 g/mol. The number of amides is 1. The summed E-state index contributed by atoms with van der Waals surface area (Å²) in [6, 6.07) is 12.7. The number of methoxy groups -OCH3 is 1. The van der Waals surface area contributed by atoms with E-state index in [1.807, 2.05) is 30.3 Å². The molecule has 0 spiro atoms. The Hall–Kier alpha value is -4.78. The summed E-state index contributed by atoms with van der Waals surface area (Å²) in [5.74, 6) is 0.690. The first-order valence-electron chi connectivity index (χ1n) is 14.5. The topological polar surface area (TPSA) is 145 Å². The SMILES string of the molecule is COc1nc(-c2cccc(-c3cccc(Nc4nccc5c4c(=O)n(C)c(=O)n5C)c3Cl)c2Cl)cnc1CNC[C@H]1CCC(=O)N1. The molecule has 0 saturated carbocycles. The lowest BCUT2D eigenvalue weighted by Crippen LogP contribution is -2.37. The largest absolute Gasteiger partial charge is 0.480 e. The second kappa shape index (κ2) is 12.9. The van der Waals surface area contributed by atoms with Crippen LogP contribution in [-0.2, 0) is 25.4 Å². The molecule has 1 amide bonds. The first kappa shape index (κ1) is 31.2. The van der Waals surface area contributed by atoms with E-state index in [9.17, 15) is 14.4 Å². The third kappa shape index (κ3) is 5.82. The average Bonchev–Trinajstić information content (AvgIpc) is 3.48. The fourth-order valence-corrected chi connectivity index (χ4v) is 6.13. The predicted octanol–water partition coefficient (Wildman–Crippen LogP) is 4.18. The van der Waals surface area contributed by atoms with Crippen LogP contribution < -0.4 is 31.9 Å². The molecule has 0 unspecified atom stereocenters. The van der Waals surface area contributed by atoms with Crippen molar-refractivity contribution >= 4 is 51.5 Å². The van der Waals surface area contributed by atoms with Crippen LogP contribution in [0.3, 0.4) is 0 Å². The summed E-state index contributed by atoms with van der Waals surface area (Å²) < 4.78 is 7.98. The summed E-state index contributed by atoms with van der Waals surface area (Å²) >= 11 is 13.9. The molecule has 6 rings (SSSR count). The van der Waals surface area contributed by atoms with Crippen molar-refractivity contribution in [2.24, 2.45) is 14.1 Å². The summed E-state index contributed by atoms with van der Waals surface area (Å²) in [6.07, 6.45) is 4.50. The van der Waals surface area contributed by atoms with Crippen molar-refractivity contribution in [1.29, 1.82) is 0 Å². The smallest absolute Gasteiger partial charge is 0.330 e. The highest BCUT2D eigenvalue weighted by molar-refractivity contribution is 6.39. The van der Waals surface area contributed by atoms with E-state index in [1.165, 1.54) is 24.9 Å². The minimum absolute atomic E-state index is 0.0694. The van der Waals surface area contributed by atoms with Gasteiger partial charge in [0.1, 0.15) is 16.9 Å². The maximum absolute atomic E-state index is 13.1. The number of fused-ring (bicyclic) bond motifs is 1. The summed E-state index contributed by atoms with van der Waals surface area (Å²) in [7, 11) is 4.55. The molecule has 1 saturated heterocycles. The number of nitrogens with one attached hydrogen (secondary N) is 3. The second-order valence-corrected chi connectivity index (χ2v) is 11.6. The van der Waals surface area contributed by atoms with Gasteiger partial charge < -0.3 is 20.7 Å². The monoisotopic (exact) mass is 660 g/mol. The maximum atomic E-state index is 13.1. The van der Waals surface area contributed by atoms with Crippen LogP contribution >= 0.6 is 23.2 Å². The van der Waals surface area contributed by atoms with Gasteiger partial charge >= 0.3 is 5.69 Å². The van der Waals surface area contributed by atoms with Gasteiger partial charge in [0.05, 0.1) is 40.2 Å². The number of hydrogen-bond donors (Lipinski definition) is 3. The van der Waals surface area contributed by atoms with Gasteiger partial charge in [-0.3, -0.25) is 23.7 Å². The number of carbonyl (C=O) groups excluding carboxylic acids is 1. The lowest BCUT2D eigenvalue weighted by atomic mass is 10.0. The molecule has 4 heterocycles. The number of halogens is 2. The molecular formula is C32H30Cl2N8O4. The van der Waals surface area contributed by atoms with Crippen molar-refractivity contribution in [2.45, 2.75) is 25.4 Å². The number of carbonyl (C=O) groups is 1. The molecule has 0 bridgehead atoms. The summed E-state index contributed by atoms with van der Waals surface area (Å²) in [5, 5.41) is 10.4. The molecule has 0 radical (unpaired) electrons. The summed E-state index contributed by atoms with van der Waals surface area (Å²) in [4.78, 5) is 50.7. The highest BCUT2D eigenvalue weighted by atomic mass is 35.5. The van der Waals surface area contributed by atoms with Crippen molar-refractivity contribution in [1.82, 2.24) is 34.7 Å². The first-order chi connectivity index (χ1) is 22.2. The van der Waals surface area contributed by atoms with Crippen molar-refractivity contribution in [3.05, 3.63) is 91.4 Å². The van der Waals surface area contributed by atoms with Crippen molar-refractivity contribution in [3.63, 3.8) is 0 Å². The second-order valence-electron chi connectivity index (χ2n) is 10.9. The molecule has 12 nitrogen and oxygen atoms in total. The van der Waals surface area contributed by atoms with E-state index in [4.69, 9.17) is 27.9 Å². The van der Waals surface area contributed by atoms with Crippen LogP contribution in [0.4, 0.5) is 11.5 Å². The predicted molar refractivity (Wildman–Crippen MR) is 178 cm³/mol. The Morgan fingerprint density at radius 1 is 0.978 bits per heavy atom. The number of pyridine rings is 1. The molecule has 236 valence electrons. The van der Waals surface area contributed by atoms with Crippen LogP contribution in [0.5, 0.6) is 5.88 Å². The molecule has 2 aromatic carbocycles. The van der Waals surface area contributed by atoms with E-state index in [0.717, 1.165) is 11.0 Å². The van der Waals surface area contributed by atoms with Crippen LogP contribution in [0.1, 0.15) is 18.5 Å². The molecular weight excluding hydrogens is 631 g/mol. The quantitative estimate of drug-likeness (QED) is 0.212. The highest BCUT2D eigenvalue weighted by Crippen LogP contribution is 2.42. The molecule has 14 heteroatoms. The van der Waals surface area contributed by atoms with Crippen LogP contribution in [0.25, 0.3) is 33.3 Å². The number of rotatable bonds is 9. The van der Waals surface area contributed by atoms with Crippen molar-refractivity contribution in [2.75, 3.05) is 19.0 Å². The third-order valence-corrected chi connectivity index (χ3v) is 8.79. The minimum Gasteiger partial charge on any atom is -0.480 e. The Kier molecular flexibility index (Phi) is 8.76. The number of ether oxygens (including phenoxy) is 1. The van der Waals surface area contributed by atoms with E-state index in [-0.39, 0.29) is 23.2 Å². The Morgan fingerprint density at radius 3 is 2.46 bits per heavy atom. The summed E-state index contributed by atoms with van der Waals surface area (Å²) in [6.45, 7) is 1.04. The van der Waals surface area contributed by atoms with Crippen LogP contribution in [0.15, 0.2) is 64.4 Å². The zero-order valence-electron chi connectivity index (χ0n) is 25.2. The highest BCUT2D eigenvalue weighted by Gasteiger charge is 2.21. The van der Waals surface area contributed by atoms with E-state index in [2.05, 4.69) is 30.9 Å². The lowest BCUT2D eigenvalue weighted by Gasteiger charge is -2.16. The summed E-state index contributed by atoms with van der Waals surface area (Å²) in [5.41, 5.74) is 3.09. The van der Waals surface area contributed by atoms with Gasteiger partial charge in [-0.2, -0.15) is 0 Å². The van der Waals surface area contributed by atoms with Gasteiger partial charge in [0.15, 0.2) is 0 Å². The molecule has 1 atom stereocenters. The van der Waals surface area contributed by atoms with Crippen molar-refractivity contribution < 1.29 is 9.53 Å². The molecule has 3 aromatic heterocycles. The molecule has 1 aliphatic rings. The fraction of sp³-hybridized carbons (Fsp3) is 0.250. The number of anilines is 2. The first-order valence-corrected chi connectivity index (χ1v) is 15.2. The number of aryl methyl sites for hydroxylation is 1. The molecule has 5 aromatic rings. The van der Waals surface area contributed by atoms with Gasteiger partial charge in [-0.05, 0) is 18.6 Å². The third-order valence-electron chi connectivity index (χ3n) is 7.97. The number of hydrogen-bond acceptors (Lipinski definition) is 9. The normalized spacial score (nSPS) is 14.5. The molecule has 1 fully saturated rings. The fourth-order valence-electron chi connectivity index (χ4n) is 5.53. The van der Waals surface area contributed by atoms with Gasteiger partial charge in [0.2, 0.25) is 11.8 Å². The van der Waals surface area contributed by atoms with Crippen LogP contribution in [-0.4, -0.2) is 49.7 Å². The van der Waals surface area contributed by atoms with Crippen LogP contribution in [0, 0.1) is 0 Å². The lowest BCUT2D eigenvalue weighted by molar-refractivity contribution is -0.119. The Balaban J connectivity index is 1.30. The molecule has 3 N–H and O–H groups in total. The number of benzene rings is 2. The van der Waals surface area contributed by atoms with Gasteiger partial charge in [-0.15, -0.1) is 0 Å². The molecule has 0 aliphatic carbocycles. The number of aromatic nitrogens is 5. The zero-order chi connectivity index (χ0) is 32.5. The maximum Gasteiger partial charge on any atom is 0.330 e. The van der Waals surface area contributed by atoms with E-state index in [0.29, 0.717) is 74.7 Å². The van der Waals surface area contributed by atoms with Crippen molar-refractivity contribution in [3.8, 4) is 28.3 Å². The van der Waals surface area contributed by atoms with E-state index >= 15 is 0 Å². The Bertz CT molecular complexity index is 2110. The Labute approximate surface area is 273 Å². The Morgan fingerprint density at radius 2 is 1.72 bits per heavy atom. The van der Waals surface area contributed by atoms with E-state index in [1.54, 1.807) is 25.4 Å². The van der Waals surface area contributed by atoms with Gasteiger partial charge in [0, 0.05) is 62.5 Å². The standard InChI is InChI=1S/C32H30Cl2N8O4/c1-41-24-12-13-36-29(26(24)31(44)42(2)32(41)45)39-21-9-5-7-19(28(21)34)18-6-4-8-20(27(18)33)22-16-37-23(30(40-22)46-3)15-35-14-17-10-11-25(43)38-17/h4-9,12-13,16-17,35H,10-11,14-15H2,1-3H3,(H,36,39)(H,38,43)/t17-/m1/s1. The molecule has 46 heavy (non-hydrogen) atoms. The number of nitrogens with zero attached hydrogens (tertiary/aromatic N) is 5. The minimum atomic E-state index is -0.475.